The maximum atomic E-state index is 12.8. The third-order valence-electron chi connectivity index (χ3n) is 4.46. The van der Waals surface area contributed by atoms with E-state index in [1.165, 1.54) is 0 Å². The quantitative estimate of drug-likeness (QED) is 0.505. The van der Waals surface area contributed by atoms with E-state index < -0.39 is 10.0 Å². The SMILES string of the molecule is NCCc1c[nH]c2ccc(NS(=O)(=O)c3ccc4ccccc4c3)cc12. The number of H-pyrrole nitrogens is 1. The van der Waals surface area contributed by atoms with Crippen LogP contribution < -0.4 is 10.5 Å². The summed E-state index contributed by atoms with van der Waals surface area (Å²) in [6.07, 6.45) is 2.65. The largest absolute Gasteiger partial charge is 0.361 e. The number of fused-ring (bicyclic) bond motifs is 2. The van der Waals surface area contributed by atoms with Crippen molar-refractivity contribution in [3.05, 3.63) is 72.4 Å². The molecule has 26 heavy (non-hydrogen) atoms. The van der Waals surface area contributed by atoms with Crippen LogP contribution in [0.1, 0.15) is 5.56 Å². The Morgan fingerprint density at radius 1 is 0.962 bits per heavy atom. The van der Waals surface area contributed by atoms with E-state index in [4.69, 9.17) is 5.73 Å². The number of benzene rings is 3. The van der Waals surface area contributed by atoms with Gasteiger partial charge in [0.2, 0.25) is 0 Å². The minimum atomic E-state index is -3.67. The summed E-state index contributed by atoms with van der Waals surface area (Å²) in [7, 11) is -3.67. The van der Waals surface area contributed by atoms with Crippen LogP contribution in [0.4, 0.5) is 5.69 Å². The summed E-state index contributed by atoms with van der Waals surface area (Å²) in [6.45, 7) is 0.542. The Morgan fingerprint density at radius 3 is 2.58 bits per heavy atom. The topological polar surface area (TPSA) is 88.0 Å². The molecule has 4 rings (SSSR count). The van der Waals surface area contributed by atoms with Crippen LogP contribution in [0.3, 0.4) is 0 Å². The normalized spacial score (nSPS) is 11.9. The summed E-state index contributed by atoms with van der Waals surface area (Å²) in [5.41, 5.74) is 8.22. The van der Waals surface area contributed by atoms with Crippen molar-refractivity contribution in [1.82, 2.24) is 4.98 Å². The molecule has 0 aliphatic heterocycles. The van der Waals surface area contributed by atoms with Gasteiger partial charge < -0.3 is 10.7 Å². The number of hydrogen-bond donors (Lipinski definition) is 3. The molecule has 4 aromatic rings. The average molecular weight is 365 g/mol. The van der Waals surface area contributed by atoms with Crippen LogP contribution in [0.2, 0.25) is 0 Å². The molecule has 0 bridgehead atoms. The van der Waals surface area contributed by atoms with Gasteiger partial charge in [-0.3, -0.25) is 4.72 Å². The number of aromatic nitrogens is 1. The van der Waals surface area contributed by atoms with E-state index in [1.54, 1.807) is 18.2 Å². The molecule has 0 amide bonds. The van der Waals surface area contributed by atoms with Crippen molar-refractivity contribution in [2.24, 2.45) is 5.73 Å². The minimum absolute atomic E-state index is 0.243. The first-order valence-electron chi connectivity index (χ1n) is 8.38. The molecule has 6 heteroatoms. The van der Waals surface area contributed by atoms with Gasteiger partial charge in [-0.25, -0.2) is 8.42 Å². The molecule has 5 nitrogen and oxygen atoms in total. The first-order valence-corrected chi connectivity index (χ1v) is 9.87. The molecular formula is C20H19N3O2S. The van der Waals surface area contributed by atoms with Crippen molar-refractivity contribution >= 4 is 37.4 Å². The molecular weight excluding hydrogens is 346 g/mol. The van der Waals surface area contributed by atoms with Crippen LogP contribution in [0.5, 0.6) is 0 Å². The molecule has 1 heterocycles. The molecule has 0 fully saturated rings. The highest BCUT2D eigenvalue weighted by molar-refractivity contribution is 7.92. The zero-order valence-electron chi connectivity index (χ0n) is 14.1. The average Bonchev–Trinajstić information content (AvgIpc) is 3.04. The smallest absolute Gasteiger partial charge is 0.261 e. The lowest BCUT2D eigenvalue weighted by Crippen LogP contribution is -2.12. The first kappa shape index (κ1) is 16.6. The zero-order valence-corrected chi connectivity index (χ0v) is 14.9. The maximum absolute atomic E-state index is 12.8. The Balaban J connectivity index is 1.70. The highest BCUT2D eigenvalue weighted by Crippen LogP contribution is 2.25. The van der Waals surface area contributed by atoms with Gasteiger partial charge in [0.1, 0.15) is 0 Å². The van der Waals surface area contributed by atoms with Gasteiger partial charge in [-0.2, -0.15) is 0 Å². The molecule has 1 aromatic heterocycles. The second-order valence-electron chi connectivity index (χ2n) is 6.23. The number of nitrogens with two attached hydrogens (primary N) is 1. The number of nitrogens with one attached hydrogen (secondary N) is 2. The lowest BCUT2D eigenvalue weighted by molar-refractivity contribution is 0.601. The molecule has 0 aliphatic rings. The fourth-order valence-electron chi connectivity index (χ4n) is 3.15. The van der Waals surface area contributed by atoms with Crippen LogP contribution in [0.25, 0.3) is 21.7 Å². The lowest BCUT2D eigenvalue weighted by atomic mass is 10.1. The van der Waals surface area contributed by atoms with Crippen molar-refractivity contribution in [1.29, 1.82) is 0 Å². The molecule has 0 radical (unpaired) electrons. The van der Waals surface area contributed by atoms with Gasteiger partial charge in [-0.15, -0.1) is 0 Å². The highest BCUT2D eigenvalue weighted by Gasteiger charge is 2.15. The Bertz CT molecular complexity index is 1200. The van der Waals surface area contributed by atoms with Crippen LogP contribution in [-0.2, 0) is 16.4 Å². The van der Waals surface area contributed by atoms with Crippen molar-refractivity contribution in [3.8, 4) is 0 Å². The first-order chi connectivity index (χ1) is 12.6. The van der Waals surface area contributed by atoms with Crippen molar-refractivity contribution < 1.29 is 8.42 Å². The Kier molecular flexibility index (Phi) is 4.14. The second-order valence-corrected chi connectivity index (χ2v) is 7.91. The molecule has 3 aromatic carbocycles. The number of anilines is 1. The number of aromatic amines is 1. The number of hydrogen-bond acceptors (Lipinski definition) is 3. The van der Waals surface area contributed by atoms with Gasteiger partial charge in [0.15, 0.2) is 0 Å². The summed E-state index contributed by atoms with van der Waals surface area (Å²) < 4.78 is 28.3. The van der Waals surface area contributed by atoms with E-state index in [9.17, 15) is 8.42 Å². The summed E-state index contributed by atoms with van der Waals surface area (Å²) in [5, 5.41) is 2.88. The summed E-state index contributed by atoms with van der Waals surface area (Å²) in [4.78, 5) is 3.43. The molecule has 132 valence electrons. The highest BCUT2D eigenvalue weighted by atomic mass is 32.2. The van der Waals surface area contributed by atoms with E-state index in [0.717, 1.165) is 33.7 Å². The van der Waals surface area contributed by atoms with E-state index >= 15 is 0 Å². The van der Waals surface area contributed by atoms with Crippen molar-refractivity contribution in [2.45, 2.75) is 11.3 Å². The minimum Gasteiger partial charge on any atom is -0.361 e. The lowest BCUT2D eigenvalue weighted by Gasteiger charge is -2.09. The van der Waals surface area contributed by atoms with E-state index in [-0.39, 0.29) is 4.90 Å². The van der Waals surface area contributed by atoms with Gasteiger partial charge in [0, 0.05) is 22.8 Å². The predicted octanol–water partition coefficient (Wildman–Crippen LogP) is 3.62. The molecule has 0 saturated carbocycles. The van der Waals surface area contributed by atoms with Crippen LogP contribution in [0.15, 0.2) is 71.8 Å². The van der Waals surface area contributed by atoms with Crippen LogP contribution >= 0.6 is 0 Å². The van der Waals surface area contributed by atoms with Crippen molar-refractivity contribution in [2.75, 3.05) is 11.3 Å². The molecule has 0 spiro atoms. The number of rotatable bonds is 5. The van der Waals surface area contributed by atoms with Crippen LogP contribution in [0, 0.1) is 0 Å². The van der Waals surface area contributed by atoms with Gasteiger partial charge in [0.05, 0.1) is 4.90 Å². The Morgan fingerprint density at radius 2 is 1.77 bits per heavy atom. The zero-order chi connectivity index (χ0) is 18.1. The van der Waals surface area contributed by atoms with Crippen LogP contribution in [-0.4, -0.2) is 19.9 Å². The van der Waals surface area contributed by atoms with E-state index in [2.05, 4.69) is 9.71 Å². The molecule has 0 aliphatic carbocycles. The summed E-state index contributed by atoms with van der Waals surface area (Å²) in [5.74, 6) is 0. The summed E-state index contributed by atoms with van der Waals surface area (Å²) >= 11 is 0. The molecule has 0 atom stereocenters. The van der Waals surface area contributed by atoms with Gasteiger partial charge in [0.25, 0.3) is 10.0 Å². The fraction of sp³-hybridized carbons (Fsp3) is 0.100. The third kappa shape index (κ3) is 3.05. The van der Waals surface area contributed by atoms with Gasteiger partial charge in [-0.05, 0) is 59.6 Å². The molecule has 0 saturated heterocycles. The second kappa shape index (κ2) is 6.48. The van der Waals surface area contributed by atoms with E-state index in [0.29, 0.717) is 12.2 Å². The number of sulfonamides is 1. The standard InChI is InChI=1S/C20H19N3O2S/c21-10-9-16-13-22-20-8-6-17(12-19(16)20)23-26(24,25)18-7-5-14-3-1-2-4-15(14)11-18/h1-8,11-13,22-23H,9-10,21H2. The Labute approximate surface area is 151 Å². The third-order valence-corrected chi connectivity index (χ3v) is 5.84. The van der Waals surface area contributed by atoms with Gasteiger partial charge >= 0.3 is 0 Å². The van der Waals surface area contributed by atoms with Gasteiger partial charge in [-0.1, -0.05) is 30.3 Å². The molecule has 4 N–H and O–H groups in total. The summed E-state index contributed by atoms with van der Waals surface area (Å²) in [6, 6.07) is 18.3. The van der Waals surface area contributed by atoms with E-state index in [1.807, 2.05) is 48.7 Å². The Hall–Kier alpha value is -2.83. The molecule has 0 unspecified atom stereocenters. The maximum Gasteiger partial charge on any atom is 0.261 e. The predicted molar refractivity (Wildman–Crippen MR) is 106 cm³/mol. The van der Waals surface area contributed by atoms with Crippen molar-refractivity contribution in [3.63, 3.8) is 0 Å². The monoisotopic (exact) mass is 365 g/mol. The fourth-order valence-corrected chi connectivity index (χ4v) is 4.24.